The van der Waals surface area contributed by atoms with Gasteiger partial charge in [0.1, 0.15) is 0 Å². The Morgan fingerprint density at radius 3 is 2.85 bits per heavy atom. The third-order valence-electron chi connectivity index (χ3n) is 4.10. The highest BCUT2D eigenvalue weighted by Crippen LogP contribution is 2.28. The van der Waals surface area contributed by atoms with E-state index >= 15 is 0 Å². The molecule has 1 atom stereocenters. The molecular weight excluding hydrogens is 260 g/mol. The van der Waals surface area contributed by atoms with E-state index in [9.17, 15) is 9.90 Å². The molecule has 0 aliphatic carbocycles. The normalized spacial score (nSPS) is 24.1. The second-order valence-electron chi connectivity index (χ2n) is 5.47. The van der Waals surface area contributed by atoms with Crippen molar-refractivity contribution in [2.75, 3.05) is 19.7 Å². The molecule has 0 aromatic carbocycles. The Kier molecular flexibility index (Phi) is 3.98. The molecule has 2 aliphatic heterocycles. The molecule has 2 saturated heterocycles. The molecular formula is C13H20N4O3. The average molecular weight is 280 g/mol. The van der Waals surface area contributed by atoms with E-state index in [1.165, 1.54) is 0 Å². The van der Waals surface area contributed by atoms with Crippen molar-refractivity contribution >= 4 is 5.97 Å². The lowest BCUT2D eigenvalue weighted by Crippen LogP contribution is -2.29. The zero-order valence-corrected chi connectivity index (χ0v) is 11.4. The number of ether oxygens (including phenoxy) is 1. The number of nitrogens with one attached hydrogen (secondary N) is 1. The molecule has 7 heteroatoms. The van der Waals surface area contributed by atoms with E-state index in [4.69, 9.17) is 4.74 Å². The van der Waals surface area contributed by atoms with Crippen LogP contribution < -0.4 is 5.32 Å². The first-order chi connectivity index (χ1) is 9.75. The van der Waals surface area contributed by atoms with Crippen molar-refractivity contribution in [2.24, 2.45) is 0 Å². The van der Waals surface area contributed by atoms with Crippen molar-refractivity contribution in [3.63, 3.8) is 0 Å². The Morgan fingerprint density at radius 1 is 1.40 bits per heavy atom. The maximum Gasteiger partial charge on any atom is 0.358 e. The molecule has 1 aromatic heterocycles. The Balaban J connectivity index is 1.86. The fraction of sp³-hybridized carbons (Fsp3) is 0.769. The summed E-state index contributed by atoms with van der Waals surface area (Å²) in [5.74, 6) is -0.768. The summed E-state index contributed by atoms with van der Waals surface area (Å²) in [6, 6.07) is 0. The number of carboxylic acid groups (broad SMARTS) is 1. The lowest BCUT2D eigenvalue weighted by molar-refractivity contribution is 0.0687. The number of hydrogen-bond donors (Lipinski definition) is 2. The molecule has 0 saturated carbocycles. The lowest BCUT2D eigenvalue weighted by atomic mass is 9.93. The van der Waals surface area contributed by atoms with Crippen LogP contribution in [-0.2, 0) is 11.3 Å². The first-order valence-corrected chi connectivity index (χ1v) is 7.24. The highest BCUT2D eigenvalue weighted by atomic mass is 16.5. The van der Waals surface area contributed by atoms with Crippen molar-refractivity contribution in [1.82, 2.24) is 20.3 Å². The molecule has 20 heavy (non-hydrogen) atoms. The molecule has 1 unspecified atom stereocenters. The third kappa shape index (κ3) is 2.69. The standard InChI is InChI=1S/C13H20N4O3/c18-13(19)11-12(9-3-5-14-6-4-9)17(16-15-11)8-10-2-1-7-20-10/h9-10,14H,1-8H2,(H,18,19). The molecule has 7 nitrogen and oxygen atoms in total. The van der Waals surface area contributed by atoms with Crippen LogP contribution in [0.25, 0.3) is 0 Å². The summed E-state index contributed by atoms with van der Waals surface area (Å²) in [4.78, 5) is 11.4. The van der Waals surface area contributed by atoms with E-state index in [0.717, 1.165) is 51.1 Å². The predicted octanol–water partition coefficient (Wildman–Crippen LogP) is 0.622. The van der Waals surface area contributed by atoms with E-state index in [0.29, 0.717) is 6.54 Å². The molecule has 0 amide bonds. The summed E-state index contributed by atoms with van der Waals surface area (Å²) in [6.07, 6.45) is 4.07. The second-order valence-corrected chi connectivity index (χ2v) is 5.47. The lowest BCUT2D eigenvalue weighted by Gasteiger charge is -2.24. The number of aromatic carboxylic acids is 1. The van der Waals surface area contributed by atoms with Crippen molar-refractivity contribution < 1.29 is 14.6 Å². The molecule has 0 spiro atoms. The maximum atomic E-state index is 11.4. The maximum absolute atomic E-state index is 11.4. The fourth-order valence-corrected chi connectivity index (χ4v) is 3.09. The predicted molar refractivity (Wildman–Crippen MR) is 70.8 cm³/mol. The molecule has 110 valence electrons. The van der Waals surface area contributed by atoms with Crippen LogP contribution in [-0.4, -0.2) is 51.9 Å². The third-order valence-corrected chi connectivity index (χ3v) is 4.10. The van der Waals surface area contributed by atoms with Gasteiger partial charge in [0, 0.05) is 12.5 Å². The number of piperidine rings is 1. The minimum atomic E-state index is -0.989. The SMILES string of the molecule is O=C(O)c1nnn(CC2CCCO2)c1C1CCNCC1. The second kappa shape index (κ2) is 5.88. The average Bonchev–Trinajstić information content (AvgIpc) is 3.09. The van der Waals surface area contributed by atoms with E-state index in [1.54, 1.807) is 4.68 Å². The summed E-state index contributed by atoms with van der Waals surface area (Å²) in [7, 11) is 0. The van der Waals surface area contributed by atoms with Gasteiger partial charge in [-0.2, -0.15) is 0 Å². The van der Waals surface area contributed by atoms with Gasteiger partial charge in [-0.15, -0.1) is 5.10 Å². The zero-order chi connectivity index (χ0) is 13.9. The van der Waals surface area contributed by atoms with E-state index in [1.807, 2.05) is 0 Å². The zero-order valence-electron chi connectivity index (χ0n) is 11.4. The molecule has 1 aromatic rings. The molecule has 2 aliphatic rings. The minimum Gasteiger partial charge on any atom is -0.476 e. The van der Waals surface area contributed by atoms with Crippen molar-refractivity contribution in [3.05, 3.63) is 11.4 Å². The van der Waals surface area contributed by atoms with E-state index < -0.39 is 5.97 Å². The van der Waals surface area contributed by atoms with Gasteiger partial charge in [-0.25, -0.2) is 9.48 Å². The summed E-state index contributed by atoms with van der Waals surface area (Å²) in [5.41, 5.74) is 0.879. The van der Waals surface area contributed by atoms with Crippen molar-refractivity contribution in [3.8, 4) is 0 Å². The first-order valence-electron chi connectivity index (χ1n) is 7.24. The number of carboxylic acids is 1. The molecule has 0 radical (unpaired) electrons. The number of aromatic nitrogens is 3. The van der Waals surface area contributed by atoms with Crippen LogP contribution in [0.15, 0.2) is 0 Å². The highest BCUT2D eigenvalue weighted by molar-refractivity contribution is 5.86. The molecule has 3 rings (SSSR count). The smallest absolute Gasteiger partial charge is 0.358 e. The van der Waals surface area contributed by atoms with Crippen LogP contribution in [0, 0.1) is 0 Å². The van der Waals surface area contributed by atoms with Crippen molar-refractivity contribution in [1.29, 1.82) is 0 Å². The monoisotopic (exact) mass is 280 g/mol. The van der Waals surface area contributed by atoms with Crippen molar-refractivity contribution in [2.45, 2.75) is 44.2 Å². The highest BCUT2D eigenvalue weighted by Gasteiger charge is 2.29. The van der Waals surface area contributed by atoms with E-state index in [2.05, 4.69) is 15.6 Å². The summed E-state index contributed by atoms with van der Waals surface area (Å²) < 4.78 is 7.38. The van der Waals surface area contributed by atoms with E-state index in [-0.39, 0.29) is 17.7 Å². The van der Waals surface area contributed by atoms with Crippen LogP contribution in [0.2, 0.25) is 0 Å². The molecule has 2 N–H and O–H groups in total. The Labute approximate surface area is 117 Å². The Bertz CT molecular complexity index is 476. The van der Waals surface area contributed by atoms with Gasteiger partial charge in [0.15, 0.2) is 5.69 Å². The van der Waals surface area contributed by atoms with Crippen LogP contribution >= 0.6 is 0 Å². The van der Waals surface area contributed by atoms with Crippen LogP contribution in [0.1, 0.15) is 47.8 Å². The van der Waals surface area contributed by atoms with Gasteiger partial charge < -0.3 is 15.2 Å². The van der Waals surface area contributed by atoms with Gasteiger partial charge in [0.05, 0.1) is 18.3 Å². The number of carbonyl (C=O) groups is 1. The summed E-state index contributed by atoms with van der Waals surface area (Å²) >= 11 is 0. The number of hydrogen-bond acceptors (Lipinski definition) is 5. The Hall–Kier alpha value is -1.47. The summed E-state index contributed by atoms with van der Waals surface area (Å²) in [6.45, 7) is 3.22. The number of rotatable bonds is 4. The minimum absolute atomic E-state index is 0.106. The van der Waals surface area contributed by atoms with Crippen LogP contribution in [0.5, 0.6) is 0 Å². The fourth-order valence-electron chi connectivity index (χ4n) is 3.09. The largest absolute Gasteiger partial charge is 0.476 e. The Morgan fingerprint density at radius 2 is 2.20 bits per heavy atom. The topological polar surface area (TPSA) is 89.3 Å². The molecule has 3 heterocycles. The molecule has 2 fully saturated rings. The van der Waals surface area contributed by atoms with Crippen LogP contribution in [0.3, 0.4) is 0 Å². The van der Waals surface area contributed by atoms with Gasteiger partial charge in [-0.1, -0.05) is 5.21 Å². The first kappa shape index (κ1) is 13.5. The van der Waals surface area contributed by atoms with Crippen LogP contribution in [0.4, 0.5) is 0 Å². The van der Waals surface area contributed by atoms with Gasteiger partial charge in [0.2, 0.25) is 0 Å². The summed E-state index contributed by atoms with van der Waals surface area (Å²) in [5, 5.41) is 20.5. The van der Waals surface area contributed by atoms with Gasteiger partial charge in [-0.3, -0.25) is 0 Å². The molecule has 0 bridgehead atoms. The quantitative estimate of drug-likeness (QED) is 0.840. The number of nitrogens with zero attached hydrogens (tertiary/aromatic N) is 3. The van der Waals surface area contributed by atoms with Gasteiger partial charge in [0.25, 0.3) is 0 Å². The van der Waals surface area contributed by atoms with Gasteiger partial charge >= 0.3 is 5.97 Å². The van der Waals surface area contributed by atoms with Gasteiger partial charge in [-0.05, 0) is 38.8 Å².